The number of aromatic nitrogens is 1. The summed E-state index contributed by atoms with van der Waals surface area (Å²) in [4.78, 5) is 15.9. The predicted octanol–water partition coefficient (Wildman–Crippen LogP) is 4.01. The molecule has 0 aliphatic carbocycles. The number of ether oxygens (including phenoxy) is 1. The molecule has 2 aromatic carbocycles. The smallest absolute Gasteiger partial charge is 0.428 e. The van der Waals surface area contributed by atoms with Crippen LogP contribution in [0.3, 0.4) is 0 Å². The van der Waals surface area contributed by atoms with Crippen molar-refractivity contribution in [2.75, 3.05) is 0 Å². The Morgan fingerprint density at radius 2 is 1.76 bits per heavy atom. The first-order valence-electron chi connectivity index (χ1n) is 7.82. The largest absolute Gasteiger partial charge is 0.443 e. The summed E-state index contributed by atoms with van der Waals surface area (Å²) in [7, 11) is 0. The van der Waals surface area contributed by atoms with Gasteiger partial charge < -0.3 is 4.74 Å². The molecule has 0 saturated carbocycles. The molecule has 1 amide bonds. The van der Waals surface area contributed by atoms with E-state index in [1.54, 1.807) is 12.4 Å². The van der Waals surface area contributed by atoms with Gasteiger partial charge >= 0.3 is 6.09 Å². The maximum absolute atomic E-state index is 11.6. The molecule has 0 saturated heterocycles. The number of nitrogens with zero attached hydrogens (tertiary/aromatic N) is 2. The van der Waals surface area contributed by atoms with Gasteiger partial charge in [0.15, 0.2) is 0 Å². The molecule has 0 aliphatic rings. The van der Waals surface area contributed by atoms with Crippen molar-refractivity contribution in [3.63, 3.8) is 0 Å². The number of hydrogen-bond donors (Lipinski definition) is 1. The fourth-order valence-electron chi connectivity index (χ4n) is 2.19. The van der Waals surface area contributed by atoms with Gasteiger partial charge in [0.1, 0.15) is 6.61 Å². The zero-order valence-corrected chi connectivity index (χ0v) is 13.5. The summed E-state index contributed by atoms with van der Waals surface area (Å²) >= 11 is 0. The lowest BCUT2D eigenvalue weighted by Gasteiger charge is -2.03. The molecule has 3 rings (SSSR count). The van der Waals surface area contributed by atoms with Gasteiger partial charge in [-0.1, -0.05) is 60.7 Å². The molecule has 0 spiro atoms. The second-order valence-corrected chi connectivity index (χ2v) is 5.27. The third kappa shape index (κ3) is 5.00. The first-order valence-corrected chi connectivity index (χ1v) is 7.82. The highest BCUT2D eigenvalue weighted by molar-refractivity contribution is 5.81. The minimum Gasteiger partial charge on any atom is -0.443 e. The quantitative estimate of drug-likeness (QED) is 0.567. The van der Waals surface area contributed by atoms with E-state index in [0.717, 1.165) is 22.4 Å². The van der Waals surface area contributed by atoms with Crippen LogP contribution in [0.2, 0.25) is 0 Å². The topological polar surface area (TPSA) is 63.6 Å². The van der Waals surface area contributed by atoms with E-state index in [1.165, 1.54) is 0 Å². The summed E-state index contributed by atoms with van der Waals surface area (Å²) in [5.74, 6) is 0. The molecule has 5 heteroatoms. The molecule has 0 aliphatic heterocycles. The van der Waals surface area contributed by atoms with E-state index in [0.29, 0.717) is 0 Å². The monoisotopic (exact) mass is 331 g/mol. The van der Waals surface area contributed by atoms with E-state index >= 15 is 0 Å². The Hall–Kier alpha value is -3.47. The highest BCUT2D eigenvalue weighted by Crippen LogP contribution is 2.16. The highest BCUT2D eigenvalue weighted by Gasteiger charge is 2.01. The van der Waals surface area contributed by atoms with Crippen molar-refractivity contribution < 1.29 is 9.53 Å². The van der Waals surface area contributed by atoms with E-state index in [-0.39, 0.29) is 6.61 Å². The zero-order chi connectivity index (χ0) is 17.3. The Balaban J connectivity index is 1.49. The van der Waals surface area contributed by atoms with Crippen LogP contribution in [0.4, 0.5) is 4.79 Å². The number of rotatable bonds is 5. The molecule has 0 atom stereocenters. The summed E-state index contributed by atoms with van der Waals surface area (Å²) in [5.41, 5.74) is 6.06. The first kappa shape index (κ1) is 16.4. The molecule has 0 fully saturated rings. The van der Waals surface area contributed by atoms with Gasteiger partial charge in [0.2, 0.25) is 0 Å². The van der Waals surface area contributed by atoms with Crippen LogP contribution < -0.4 is 5.43 Å². The van der Waals surface area contributed by atoms with Crippen molar-refractivity contribution in [3.05, 3.63) is 90.1 Å². The molecular weight excluding hydrogens is 314 g/mol. The Kier molecular flexibility index (Phi) is 5.51. The number of nitrogens with one attached hydrogen (secondary N) is 1. The van der Waals surface area contributed by atoms with Gasteiger partial charge in [0.05, 0.1) is 11.9 Å². The standard InChI is InChI=1S/C20H17N3O2/c24-20(25-15-17-6-2-1-3-7-17)23-22-14-16-9-11-18(12-10-16)19-8-4-5-13-21-19/h1-14H,15H2,(H,23,24)/b22-14-. The van der Waals surface area contributed by atoms with Crippen LogP contribution in [0, 0.1) is 0 Å². The number of carbonyl (C=O) groups excluding carboxylic acids is 1. The molecule has 0 unspecified atom stereocenters. The maximum Gasteiger partial charge on any atom is 0.428 e. The Labute approximate surface area is 146 Å². The summed E-state index contributed by atoms with van der Waals surface area (Å²) in [6, 6.07) is 23.0. The summed E-state index contributed by atoms with van der Waals surface area (Å²) in [5, 5.41) is 3.89. The summed E-state index contributed by atoms with van der Waals surface area (Å²) in [6.45, 7) is 0.209. The van der Waals surface area contributed by atoms with Crippen molar-refractivity contribution in [2.45, 2.75) is 6.61 Å². The maximum atomic E-state index is 11.6. The minimum atomic E-state index is -0.592. The average molecular weight is 331 g/mol. The Bertz CT molecular complexity index is 832. The molecule has 124 valence electrons. The molecular formula is C20H17N3O2. The predicted molar refractivity (Wildman–Crippen MR) is 97.0 cm³/mol. The summed E-state index contributed by atoms with van der Waals surface area (Å²) in [6.07, 6.45) is 2.73. The van der Waals surface area contributed by atoms with Crippen LogP contribution in [0.25, 0.3) is 11.3 Å². The van der Waals surface area contributed by atoms with E-state index < -0.39 is 6.09 Å². The van der Waals surface area contributed by atoms with Gasteiger partial charge in [-0.15, -0.1) is 0 Å². The van der Waals surface area contributed by atoms with Gasteiger partial charge in [-0.3, -0.25) is 4.98 Å². The van der Waals surface area contributed by atoms with E-state index in [9.17, 15) is 4.79 Å². The van der Waals surface area contributed by atoms with Crippen molar-refractivity contribution in [3.8, 4) is 11.3 Å². The molecule has 1 aromatic heterocycles. The molecule has 1 heterocycles. The fraction of sp³-hybridized carbons (Fsp3) is 0.0500. The SMILES string of the molecule is O=C(N/N=C\c1ccc(-c2ccccn2)cc1)OCc1ccccc1. The first-order chi connectivity index (χ1) is 12.3. The van der Waals surface area contributed by atoms with Crippen molar-refractivity contribution in [2.24, 2.45) is 5.10 Å². The van der Waals surface area contributed by atoms with Crippen LogP contribution in [-0.4, -0.2) is 17.3 Å². The Morgan fingerprint density at radius 1 is 1.00 bits per heavy atom. The second kappa shape index (κ2) is 8.40. The van der Waals surface area contributed by atoms with Gasteiger partial charge in [0.25, 0.3) is 0 Å². The summed E-state index contributed by atoms with van der Waals surface area (Å²) < 4.78 is 5.07. The van der Waals surface area contributed by atoms with Gasteiger partial charge in [-0.25, -0.2) is 10.2 Å². The van der Waals surface area contributed by atoms with Crippen LogP contribution in [0.1, 0.15) is 11.1 Å². The lowest BCUT2D eigenvalue weighted by molar-refractivity contribution is 0.140. The molecule has 0 radical (unpaired) electrons. The van der Waals surface area contributed by atoms with Gasteiger partial charge in [0, 0.05) is 11.8 Å². The Morgan fingerprint density at radius 3 is 2.48 bits per heavy atom. The number of benzene rings is 2. The molecule has 3 aromatic rings. The molecule has 0 bridgehead atoms. The van der Waals surface area contributed by atoms with E-state index in [2.05, 4.69) is 15.5 Å². The second-order valence-electron chi connectivity index (χ2n) is 5.27. The lowest BCUT2D eigenvalue weighted by atomic mass is 10.1. The van der Waals surface area contributed by atoms with Crippen LogP contribution in [0.15, 0.2) is 84.1 Å². The number of hydrazone groups is 1. The number of amides is 1. The molecule has 5 nitrogen and oxygen atoms in total. The fourth-order valence-corrected chi connectivity index (χ4v) is 2.19. The number of pyridine rings is 1. The van der Waals surface area contributed by atoms with E-state index in [1.807, 2.05) is 72.8 Å². The highest BCUT2D eigenvalue weighted by atomic mass is 16.5. The number of hydrogen-bond acceptors (Lipinski definition) is 4. The third-order valence-corrected chi connectivity index (χ3v) is 3.45. The average Bonchev–Trinajstić information content (AvgIpc) is 2.68. The van der Waals surface area contributed by atoms with Crippen LogP contribution in [-0.2, 0) is 11.3 Å². The van der Waals surface area contributed by atoms with E-state index in [4.69, 9.17) is 4.74 Å². The lowest BCUT2D eigenvalue weighted by Crippen LogP contribution is -2.18. The van der Waals surface area contributed by atoms with Crippen molar-refractivity contribution in [1.29, 1.82) is 0 Å². The van der Waals surface area contributed by atoms with Crippen LogP contribution in [0.5, 0.6) is 0 Å². The minimum absolute atomic E-state index is 0.209. The van der Waals surface area contributed by atoms with Gasteiger partial charge in [-0.2, -0.15) is 5.10 Å². The zero-order valence-electron chi connectivity index (χ0n) is 13.5. The van der Waals surface area contributed by atoms with Crippen LogP contribution >= 0.6 is 0 Å². The third-order valence-electron chi connectivity index (χ3n) is 3.45. The molecule has 1 N–H and O–H groups in total. The van der Waals surface area contributed by atoms with Crippen molar-refractivity contribution >= 4 is 12.3 Å². The van der Waals surface area contributed by atoms with Gasteiger partial charge in [-0.05, 0) is 23.3 Å². The molecule has 25 heavy (non-hydrogen) atoms. The van der Waals surface area contributed by atoms with Crippen molar-refractivity contribution in [1.82, 2.24) is 10.4 Å². The normalized spacial score (nSPS) is 10.6. The number of carbonyl (C=O) groups is 1.